The van der Waals surface area contributed by atoms with Gasteiger partial charge in [-0.1, -0.05) is 6.08 Å². The first kappa shape index (κ1) is 15.9. The van der Waals surface area contributed by atoms with E-state index in [9.17, 15) is 18.0 Å². The minimum Gasteiger partial charge on any atom is -0.496 e. The van der Waals surface area contributed by atoms with Crippen LogP contribution >= 0.6 is 15.9 Å². The summed E-state index contributed by atoms with van der Waals surface area (Å²) in [5.74, 6) is 0.292. The van der Waals surface area contributed by atoms with Gasteiger partial charge in [0.25, 0.3) is 5.91 Å². The molecule has 7 heteroatoms. The summed E-state index contributed by atoms with van der Waals surface area (Å²) < 4.78 is 43.3. The molecule has 0 N–H and O–H groups in total. The summed E-state index contributed by atoms with van der Waals surface area (Å²) in [7, 11) is 1.51. The highest BCUT2D eigenvalue weighted by molar-refractivity contribution is 9.10. The summed E-state index contributed by atoms with van der Waals surface area (Å²) in [6.07, 6.45) is -3.41. The maximum absolute atomic E-state index is 12.5. The topological polar surface area (TPSA) is 29.5 Å². The predicted molar refractivity (Wildman–Crippen MR) is 75.4 cm³/mol. The van der Waals surface area contributed by atoms with E-state index < -0.39 is 11.7 Å². The van der Waals surface area contributed by atoms with E-state index in [2.05, 4.69) is 15.9 Å². The van der Waals surface area contributed by atoms with Crippen molar-refractivity contribution >= 4 is 21.8 Å². The fraction of sp³-hybridized carbons (Fsp3) is 0.357. The first-order valence-electron chi connectivity index (χ1n) is 6.22. The first-order valence-corrected chi connectivity index (χ1v) is 7.01. The number of benzene rings is 1. The number of hydrogen-bond donors (Lipinski definition) is 0. The fourth-order valence-corrected chi connectivity index (χ4v) is 2.63. The van der Waals surface area contributed by atoms with Gasteiger partial charge in [-0.3, -0.25) is 4.79 Å². The molecule has 0 unspecified atom stereocenters. The van der Waals surface area contributed by atoms with E-state index in [1.807, 2.05) is 0 Å². The quantitative estimate of drug-likeness (QED) is 0.748. The van der Waals surface area contributed by atoms with Crippen LogP contribution in [0.15, 0.2) is 34.3 Å². The zero-order valence-corrected chi connectivity index (χ0v) is 12.8. The van der Waals surface area contributed by atoms with E-state index in [0.717, 1.165) is 6.08 Å². The Morgan fingerprint density at radius 1 is 1.38 bits per heavy atom. The number of carbonyl (C=O) groups is 1. The molecule has 1 amide bonds. The minimum atomic E-state index is -4.31. The largest absolute Gasteiger partial charge is 0.496 e. The molecule has 1 aliphatic rings. The molecule has 0 spiro atoms. The highest BCUT2D eigenvalue weighted by Gasteiger charge is 2.35. The van der Waals surface area contributed by atoms with Gasteiger partial charge in [0.05, 0.1) is 11.6 Å². The Labute approximate surface area is 128 Å². The van der Waals surface area contributed by atoms with Crippen LogP contribution in [0.25, 0.3) is 0 Å². The van der Waals surface area contributed by atoms with Gasteiger partial charge >= 0.3 is 6.18 Å². The van der Waals surface area contributed by atoms with Crippen LogP contribution in [0.1, 0.15) is 16.8 Å². The van der Waals surface area contributed by atoms with Crippen molar-refractivity contribution in [1.29, 1.82) is 0 Å². The summed E-state index contributed by atoms with van der Waals surface area (Å²) in [5.41, 5.74) is -0.158. The maximum atomic E-state index is 12.5. The molecule has 0 saturated heterocycles. The van der Waals surface area contributed by atoms with Crippen LogP contribution in [0.3, 0.4) is 0 Å². The van der Waals surface area contributed by atoms with Crippen LogP contribution in [-0.2, 0) is 0 Å². The summed E-state index contributed by atoms with van der Waals surface area (Å²) in [5, 5.41) is 0. The molecule has 0 aliphatic carbocycles. The third-order valence-corrected chi connectivity index (χ3v) is 3.88. The van der Waals surface area contributed by atoms with Crippen molar-refractivity contribution < 1.29 is 22.7 Å². The number of hydrogen-bond acceptors (Lipinski definition) is 2. The molecule has 1 aromatic rings. The van der Waals surface area contributed by atoms with Crippen molar-refractivity contribution in [3.63, 3.8) is 0 Å². The van der Waals surface area contributed by atoms with Gasteiger partial charge in [0.2, 0.25) is 0 Å². The third kappa shape index (κ3) is 3.58. The van der Waals surface area contributed by atoms with Gasteiger partial charge in [-0.25, -0.2) is 0 Å². The summed E-state index contributed by atoms with van der Waals surface area (Å²) >= 11 is 3.28. The van der Waals surface area contributed by atoms with Crippen molar-refractivity contribution in [2.75, 3.05) is 20.2 Å². The molecule has 0 atom stereocenters. The van der Waals surface area contributed by atoms with Crippen molar-refractivity contribution in [3.8, 4) is 5.75 Å². The lowest BCUT2D eigenvalue weighted by Gasteiger charge is -2.27. The Balaban J connectivity index is 2.12. The van der Waals surface area contributed by atoms with Gasteiger partial charge < -0.3 is 9.64 Å². The average molecular weight is 364 g/mol. The molecule has 1 aromatic carbocycles. The van der Waals surface area contributed by atoms with Crippen LogP contribution < -0.4 is 4.74 Å². The SMILES string of the molecule is COc1ccc(C(=O)N2CC=C(C(F)(F)F)CC2)cc1Br. The molecule has 0 fully saturated rings. The second-order valence-corrected chi connectivity index (χ2v) is 5.43. The molecule has 0 bridgehead atoms. The van der Waals surface area contributed by atoms with Gasteiger partial charge in [0.1, 0.15) is 5.75 Å². The molecule has 1 heterocycles. The van der Waals surface area contributed by atoms with Crippen molar-refractivity contribution in [2.45, 2.75) is 12.6 Å². The highest BCUT2D eigenvalue weighted by atomic mass is 79.9. The number of alkyl halides is 3. The lowest BCUT2D eigenvalue weighted by Crippen LogP contribution is -2.36. The Hall–Kier alpha value is -1.50. The van der Waals surface area contributed by atoms with E-state index in [4.69, 9.17) is 4.74 Å². The molecule has 1 aliphatic heterocycles. The van der Waals surface area contributed by atoms with E-state index in [1.165, 1.54) is 12.0 Å². The summed E-state index contributed by atoms with van der Waals surface area (Å²) in [6, 6.07) is 4.83. The monoisotopic (exact) mass is 363 g/mol. The Bertz CT molecular complexity index is 584. The van der Waals surface area contributed by atoms with Gasteiger partial charge in [0.15, 0.2) is 0 Å². The van der Waals surface area contributed by atoms with E-state index >= 15 is 0 Å². The highest BCUT2D eigenvalue weighted by Crippen LogP contribution is 2.31. The standard InChI is InChI=1S/C14H13BrF3NO2/c1-21-12-3-2-9(8-11(12)15)13(20)19-6-4-10(5-7-19)14(16,17)18/h2-4,8H,5-7H2,1H3. The number of ether oxygens (including phenoxy) is 1. The number of nitrogens with zero attached hydrogens (tertiary/aromatic N) is 1. The molecule has 21 heavy (non-hydrogen) atoms. The van der Waals surface area contributed by atoms with E-state index in [-0.39, 0.29) is 25.4 Å². The number of amides is 1. The number of rotatable bonds is 2. The molecule has 2 rings (SSSR count). The van der Waals surface area contributed by atoms with Crippen molar-refractivity contribution in [1.82, 2.24) is 4.90 Å². The molecular weight excluding hydrogens is 351 g/mol. The Morgan fingerprint density at radius 3 is 2.57 bits per heavy atom. The lowest BCUT2D eigenvalue weighted by molar-refractivity contribution is -0.0957. The number of carbonyl (C=O) groups excluding carboxylic acids is 1. The average Bonchev–Trinajstić information content (AvgIpc) is 2.45. The third-order valence-electron chi connectivity index (χ3n) is 3.26. The van der Waals surface area contributed by atoms with Crippen LogP contribution in [0.2, 0.25) is 0 Å². The van der Waals surface area contributed by atoms with Crippen LogP contribution in [0.4, 0.5) is 13.2 Å². The molecule has 0 aromatic heterocycles. The van der Waals surface area contributed by atoms with Gasteiger partial charge in [-0.15, -0.1) is 0 Å². The molecule has 114 valence electrons. The fourth-order valence-electron chi connectivity index (χ4n) is 2.09. The smallest absolute Gasteiger partial charge is 0.412 e. The molecule has 0 radical (unpaired) electrons. The van der Waals surface area contributed by atoms with Gasteiger partial charge in [-0.05, 0) is 40.5 Å². The Morgan fingerprint density at radius 2 is 2.10 bits per heavy atom. The lowest BCUT2D eigenvalue weighted by atomic mass is 10.1. The molecule has 0 saturated carbocycles. The van der Waals surface area contributed by atoms with Crippen LogP contribution in [0.5, 0.6) is 5.75 Å². The minimum absolute atomic E-state index is 0.0304. The second-order valence-electron chi connectivity index (χ2n) is 4.58. The van der Waals surface area contributed by atoms with Crippen LogP contribution in [-0.4, -0.2) is 37.2 Å². The van der Waals surface area contributed by atoms with Gasteiger partial charge in [0, 0.05) is 24.2 Å². The zero-order valence-electron chi connectivity index (χ0n) is 11.2. The zero-order chi connectivity index (χ0) is 15.6. The number of halogens is 4. The van der Waals surface area contributed by atoms with Crippen LogP contribution in [0, 0.1) is 0 Å². The normalized spacial score (nSPS) is 15.7. The summed E-state index contributed by atoms with van der Waals surface area (Å²) in [4.78, 5) is 13.7. The van der Waals surface area contributed by atoms with E-state index in [1.54, 1.807) is 18.2 Å². The second kappa shape index (κ2) is 6.09. The van der Waals surface area contributed by atoms with Crippen molar-refractivity contribution in [3.05, 3.63) is 39.9 Å². The van der Waals surface area contributed by atoms with Gasteiger partial charge in [-0.2, -0.15) is 13.2 Å². The molecular formula is C14H13BrF3NO2. The Kier molecular flexibility index (Phi) is 4.61. The molecule has 3 nitrogen and oxygen atoms in total. The predicted octanol–water partition coefficient (Wildman–Crippen LogP) is 3.79. The van der Waals surface area contributed by atoms with E-state index in [0.29, 0.717) is 15.8 Å². The number of methoxy groups -OCH3 is 1. The maximum Gasteiger partial charge on any atom is 0.412 e. The first-order chi connectivity index (χ1) is 9.82. The summed E-state index contributed by atoms with van der Waals surface area (Å²) in [6.45, 7) is 0.0329. The van der Waals surface area contributed by atoms with Crippen molar-refractivity contribution in [2.24, 2.45) is 0 Å².